The Balaban J connectivity index is 1.43. The van der Waals surface area contributed by atoms with Crippen LogP contribution in [-0.4, -0.2) is 35.7 Å². The Morgan fingerprint density at radius 1 is 1.27 bits per heavy atom. The van der Waals surface area contributed by atoms with Crippen LogP contribution in [0.25, 0.3) is 0 Å². The minimum Gasteiger partial charge on any atom is -0.444 e. The number of nitrogens with zero attached hydrogens (tertiary/aromatic N) is 1. The van der Waals surface area contributed by atoms with E-state index in [-0.39, 0.29) is 12.1 Å². The molecule has 1 saturated heterocycles. The van der Waals surface area contributed by atoms with Gasteiger partial charge in [-0.2, -0.15) is 0 Å². The fraction of sp³-hybridized carbons (Fsp3) is 0.588. The Labute approximate surface area is 136 Å². The SMILES string of the molecule is CC(C)(C)OC(=O)NC1C2CN(Cc3ccc(Cl)cc3)C[C@@H]21. The molecule has 0 bridgehead atoms. The fourth-order valence-electron chi connectivity index (χ4n) is 3.25. The average molecular weight is 323 g/mol. The van der Waals surface area contributed by atoms with Gasteiger partial charge in [-0.3, -0.25) is 4.90 Å². The highest BCUT2D eigenvalue weighted by atomic mass is 35.5. The van der Waals surface area contributed by atoms with Crippen molar-refractivity contribution in [2.24, 2.45) is 11.8 Å². The standard InChI is InChI=1S/C17H23ClN2O2/c1-17(2,3)22-16(21)19-15-13-9-20(10-14(13)15)8-11-4-6-12(18)7-5-11/h4-7,13-15H,8-10H2,1-3H3,(H,19,21)/t13-,14?,15?/m0/s1. The van der Waals surface area contributed by atoms with Gasteiger partial charge in [-0.05, 0) is 50.3 Å². The Bertz CT molecular complexity index is 541. The van der Waals surface area contributed by atoms with Gasteiger partial charge in [0.15, 0.2) is 0 Å². The Morgan fingerprint density at radius 3 is 2.41 bits per heavy atom. The lowest BCUT2D eigenvalue weighted by molar-refractivity contribution is 0.0513. The van der Waals surface area contributed by atoms with Crippen LogP contribution >= 0.6 is 11.6 Å². The van der Waals surface area contributed by atoms with Crippen LogP contribution < -0.4 is 5.32 Å². The summed E-state index contributed by atoms with van der Waals surface area (Å²) >= 11 is 5.91. The van der Waals surface area contributed by atoms with Gasteiger partial charge in [-0.1, -0.05) is 23.7 Å². The molecule has 22 heavy (non-hydrogen) atoms. The summed E-state index contributed by atoms with van der Waals surface area (Å²) in [6.45, 7) is 8.67. The Kier molecular flexibility index (Phi) is 4.08. The minimum absolute atomic E-state index is 0.288. The Hall–Kier alpha value is -1.26. The number of fused-ring (bicyclic) bond motifs is 1. The van der Waals surface area contributed by atoms with Crippen LogP contribution in [0.2, 0.25) is 5.02 Å². The third-order valence-electron chi connectivity index (χ3n) is 4.27. The Morgan fingerprint density at radius 2 is 1.86 bits per heavy atom. The molecule has 0 spiro atoms. The number of hydrogen-bond donors (Lipinski definition) is 1. The maximum atomic E-state index is 11.8. The van der Waals surface area contributed by atoms with E-state index >= 15 is 0 Å². The molecule has 1 heterocycles. The number of carbonyl (C=O) groups is 1. The van der Waals surface area contributed by atoms with Crippen LogP contribution in [0, 0.1) is 11.8 Å². The van der Waals surface area contributed by atoms with E-state index in [0.717, 1.165) is 24.7 Å². The van der Waals surface area contributed by atoms with Crippen molar-refractivity contribution >= 4 is 17.7 Å². The number of halogens is 1. The molecule has 1 aliphatic heterocycles. The van der Waals surface area contributed by atoms with Gasteiger partial charge in [0.2, 0.25) is 0 Å². The van der Waals surface area contributed by atoms with E-state index in [9.17, 15) is 4.79 Å². The van der Waals surface area contributed by atoms with Gasteiger partial charge in [0.05, 0.1) is 0 Å². The lowest BCUT2D eigenvalue weighted by Crippen LogP contribution is -2.38. The minimum atomic E-state index is -0.436. The summed E-state index contributed by atoms with van der Waals surface area (Å²) < 4.78 is 5.31. The second-order valence-corrected chi connectivity index (χ2v) is 7.76. The van der Waals surface area contributed by atoms with Crippen molar-refractivity contribution in [2.45, 2.75) is 39.0 Å². The summed E-state index contributed by atoms with van der Waals surface area (Å²) in [4.78, 5) is 14.2. The molecule has 1 saturated carbocycles. The molecule has 1 aromatic carbocycles. The zero-order chi connectivity index (χ0) is 15.9. The zero-order valence-corrected chi connectivity index (χ0v) is 14.1. The van der Waals surface area contributed by atoms with Gasteiger partial charge >= 0.3 is 6.09 Å². The summed E-state index contributed by atoms with van der Waals surface area (Å²) in [5.41, 5.74) is 0.844. The third kappa shape index (κ3) is 3.73. The number of likely N-dealkylation sites (tertiary alicyclic amines) is 1. The smallest absolute Gasteiger partial charge is 0.407 e. The molecule has 2 fully saturated rings. The van der Waals surface area contributed by atoms with Gasteiger partial charge in [-0.25, -0.2) is 4.79 Å². The van der Waals surface area contributed by atoms with Gasteiger partial charge in [0.1, 0.15) is 5.60 Å². The highest BCUT2D eigenvalue weighted by molar-refractivity contribution is 6.30. The first-order valence-corrected chi connectivity index (χ1v) is 8.16. The molecule has 1 aromatic rings. The molecular weight excluding hydrogens is 300 g/mol. The molecule has 1 amide bonds. The second kappa shape index (κ2) is 5.74. The largest absolute Gasteiger partial charge is 0.444 e. The van der Waals surface area contributed by atoms with Gasteiger partial charge in [0.25, 0.3) is 0 Å². The molecule has 1 N–H and O–H groups in total. The fourth-order valence-corrected chi connectivity index (χ4v) is 3.37. The average Bonchev–Trinajstić information content (AvgIpc) is 2.84. The van der Waals surface area contributed by atoms with E-state index in [2.05, 4.69) is 22.3 Å². The molecule has 3 rings (SSSR count). The first kappa shape index (κ1) is 15.6. The van der Waals surface area contributed by atoms with Crippen LogP contribution in [0.3, 0.4) is 0 Å². The maximum absolute atomic E-state index is 11.8. The highest BCUT2D eigenvalue weighted by Crippen LogP contribution is 2.45. The molecule has 3 atom stereocenters. The lowest BCUT2D eigenvalue weighted by Gasteiger charge is -2.22. The van der Waals surface area contributed by atoms with E-state index in [0.29, 0.717) is 11.8 Å². The van der Waals surface area contributed by atoms with Crippen molar-refractivity contribution in [1.82, 2.24) is 10.2 Å². The number of hydrogen-bond acceptors (Lipinski definition) is 3. The molecule has 2 unspecified atom stereocenters. The van der Waals surface area contributed by atoms with Crippen molar-refractivity contribution in [3.8, 4) is 0 Å². The zero-order valence-electron chi connectivity index (χ0n) is 13.3. The number of amides is 1. The quantitative estimate of drug-likeness (QED) is 0.928. The first-order chi connectivity index (χ1) is 10.3. The van der Waals surface area contributed by atoms with Crippen molar-refractivity contribution in [2.75, 3.05) is 13.1 Å². The highest BCUT2D eigenvalue weighted by Gasteiger charge is 2.56. The van der Waals surface area contributed by atoms with Crippen molar-refractivity contribution in [3.63, 3.8) is 0 Å². The van der Waals surface area contributed by atoms with Crippen LogP contribution in [-0.2, 0) is 11.3 Å². The van der Waals surface area contributed by atoms with Gasteiger partial charge < -0.3 is 10.1 Å². The number of carbonyl (C=O) groups excluding carboxylic acids is 1. The van der Waals surface area contributed by atoms with E-state index in [1.54, 1.807) is 0 Å². The van der Waals surface area contributed by atoms with Crippen molar-refractivity contribution in [1.29, 1.82) is 0 Å². The monoisotopic (exact) mass is 322 g/mol. The van der Waals surface area contributed by atoms with E-state index < -0.39 is 5.60 Å². The van der Waals surface area contributed by atoms with Crippen LogP contribution in [0.4, 0.5) is 4.79 Å². The summed E-state index contributed by atoms with van der Waals surface area (Å²) in [6, 6.07) is 8.29. The normalized spacial score (nSPS) is 27.4. The van der Waals surface area contributed by atoms with E-state index in [1.807, 2.05) is 32.9 Å². The predicted octanol–water partition coefficient (Wildman–Crippen LogP) is 3.29. The number of ether oxygens (including phenoxy) is 1. The number of benzene rings is 1. The molecule has 120 valence electrons. The molecule has 0 radical (unpaired) electrons. The van der Waals surface area contributed by atoms with Crippen LogP contribution in [0.15, 0.2) is 24.3 Å². The summed E-state index contributed by atoms with van der Waals surface area (Å²) in [5, 5.41) is 3.77. The third-order valence-corrected chi connectivity index (χ3v) is 4.52. The lowest BCUT2D eigenvalue weighted by atomic mass is 10.2. The van der Waals surface area contributed by atoms with Crippen molar-refractivity contribution in [3.05, 3.63) is 34.9 Å². The summed E-state index contributed by atoms with van der Waals surface area (Å²) in [6.07, 6.45) is -0.295. The van der Waals surface area contributed by atoms with E-state index in [4.69, 9.17) is 16.3 Å². The number of nitrogens with one attached hydrogen (secondary N) is 1. The molecule has 5 heteroatoms. The van der Waals surface area contributed by atoms with Gasteiger partial charge in [-0.15, -0.1) is 0 Å². The topological polar surface area (TPSA) is 41.6 Å². The maximum Gasteiger partial charge on any atom is 0.407 e. The van der Waals surface area contributed by atoms with Crippen molar-refractivity contribution < 1.29 is 9.53 Å². The first-order valence-electron chi connectivity index (χ1n) is 7.78. The second-order valence-electron chi connectivity index (χ2n) is 7.32. The number of rotatable bonds is 3. The molecular formula is C17H23ClN2O2. The molecule has 2 aliphatic rings. The molecule has 4 nitrogen and oxygen atoms in total. The predicted molar refractivity (Wildman–Crippen MR) is 86.9 cm³/mol. The number of piperidine rings is 1. The van der Waals surface area contributed by atoms with Crippen LogP contribution in [0.1, 0.15) is 26.3 Å². The molecule has 1 aliphatic carbocycles. The molecule has 0 aromatic heterocycles. The number of alkyl carbamates (subject to hydrolysis) is 1. The van der Waals surface area contributed by atoms with E-state index in [1.165, 1.54) is 5.56 Å². The summed E-state index contributed by atoms with van der Waals surface area (Å²) in [7, 11) is 0. The van der Waals surface area contributed by atoms with Crippen LogP contribution in [0.5, 0.6) is 0 Å². The summed E-state index contributed by atoms with van der Waals surface area (Å²) in [5.74, 6) is 1.14. The van der Waals surface area contributed by atoms with Gasteiger partial charge in [0, 0.05) is 30.7 Å².